The highest BCUT2D eigenvalue weighted by Crippen LogP contribution is 2.30. The van der Waals surface area contributed by atoms with Crippen LogP contribution in [0.25, 0.3) is 11.1 Å². The van der Waals surface area contributed by atoms with Gasteiger partial charge in [-0.15, -0.1) is 11.8 Å². The van der Waals surface area contributed by atoms with Crippen LogP contribution in [-0.4, -0.2) is 43.4 Å². The van der Waals surface area contributed by atoms with Crippen LogP contribution in [0.1, 0.15) is 36.0 Å². The number of hydrogen-bond acceptors (Lipinski definition) is 3. The quantitative estimate of drug-likeness (QED) is 0.663. The predicted molar refractivity (Wildman–Crippen MR) is 109 cm³/mol. The summed E-state index contributed by atoms with van der Waals surface area (Å²) >= 11 is 1.73. The molecular formula is C22H27NO2S. The molecule has 2 aromatic carbocycles. The molecule has 4 heteroatoms. The number of rotatable bonds is 6. The van der Waals surface area contributed by atoms with Crippen molar-refractivity contribution in [2.75, 3.05) is 26.5 Å². The van der Waals surface area contributed by atoms with Crippen molar-refractivity contribution in [3.8, 4) is 11.1 Å². The summed E-state index contributed by atoms with van der Waals surface area (Å²) in [6, 6.07) is 16.3. The second-order valence-corrected chi connectivity index (χ2v) is 7.63. The van der Waals surface area contributed by atoms with Crippen molar-refractivity contribution in [3.05, 3.63) is 54.1 Å². The van der Waals surface area contributed by atoms with Crippen LogP contribution in [0.3, 0.4) is 0 Å². The molecule has 0 unspecified atom stereocenters. The molecule has 0 bridgehead atoms. The highest BCUT2D eigenvalue weighted by atomic mass is 32.2. The maximum absolute atomic E-state index is 12.8. The van der Waals surface area contributed by atoms with E-state index in [-0.39, 0.29) is 5.91 Å². The largest absolute Gasteiger partial charge is 0.378 e. The van der Waals surface area contributed by atoms with Crippen LogP contribution in [0, 0.1) is 0 Å². The lowest BCUT2D eigenvalue weighted by Gasteiger charge is -2.25. The maximum atomic E-state index is 12.8. The van der Waals surface area contributed by atoms with Crippen molar-refractivity contribution in [1.29, 1.82) is 0 Å². The first-order chi connectivity index (χ1) is 12.7. The number of benzene rings is 2. The Bertz CT molecular complexity index is 740. The molecule has 0 radical (unpaired) electrons. The predicted octanol–water partition coefficient (Wildman–Crippen LogP) is 5.11. The number of ether oxygens (including phenoxy) is 1. The second kappa shape index (κ2) is 9.24. The molecule has 0 aliphatic carbocycles. The zero-order valence-electron chi connectivity index (χ0n) is 15.6. The minimum absolute atomic E-state index is 0.0734. The molecule has 3 nitrogen and oxygen atoms in total. The van der Waals surface area contributed by atoms with Gasteiger partial charge in [-0.05, 0) is 61.3 Å². The van der Waals surface area contributed by atoms with Gasteiger partial charge in [-0.3, -0.25) is 4.79 Å². The first kappa shape index (κ1) is 19.0. The number of carbonyl (C=O) groups is 1. The van der Waals surface area contributed by atoms with E-state index >= 15 is 0 Å². The highest BCUT2D eigenvalue weighted by Gasteiger charge is 2.17. The van der Waals surface area contributed by atoms with E-state index in [9.17, 15) is 4.79 Å². The Labute approximate surface area is 160 Å². The number of thioether (sulfide) groups is 1. The zero-order chi connectivity index (χ0) is 18.4. The average molecular weight is 370 g/mol. The SMILES string of the molecule is CSc1ccccc1-c1cccc(C(=O)N(C)CC[C@@H]2CCCCO2)c1. The summed E-state index contributed by atoms with van der Waals surface area (Å²) in [5.41, 5.74) is 3.00. The van der Waals surface area contributed by atoms with Gasteiger partial charge in [0.2, 0.25) is 0 Å². The molecule has 26 heavy (non-hydrogen) atoms. The van der Waals surface area contributed by atoms with Gasteiger partial charge in [0.1, 0.15) is 0 Å². The second-order valence-electron chi connectivity index (χ2n) is 6.79. The van der Waals surface area contributed by atoms with Gasteiger partial charge in [-0.2, -0.15) is 0 Å². The van der Waals surface area contributed by atoms with Crippen molar-refractivity contribution in [1.82, 2.24) is 4.90 Å². The molecule has 0 N–H and O–H groups in total. The van der Waals surface area contributed by atoms with Gasteiger partial charge in [-0.25, -0.2) is 0 Å². The number of nitrogens with zero attached hydrogens (tertiary/aromatic N) is 1. The van der Waals surface area contributed by atoms with E-state index in [1.807, 2.05) is 42.3 Å². The molecule has 1 aliphatic rings. The van der Waals surface area contributed by atoms with E-state index in [0.29, 0.717) is 6.10 Å². The van der Waals surface area contributed by atoms with Crippen molar-refractivity contribution in [2.45, 2.75) is 36.7 Å². The van der Waals surface area contributed by atoms with Crippen LogP contribution >= 0.6 is 11.8 Å². The first-order valence-corrected chi connectivity index (χ1v) is 10.5. The normalized spacial score (nSPS) is 17.1. The van der Waals surface area contributed by atoms with Crippen LogP contribution in [0.5, 0.6) is 0 Å². The van der Waals surface area contributed by atoms with E-state index in [4.69, 9.17) is 4.74 Å². The summed E-state index contributed by atoms with van der Waals surface area (Å²) in [6.07, 6.45) is 6.81. The van der Waals surface area contributed by atoms with Crippen molar-refractivity contribution in [3.63, 3.8) is 0 Å². The van der Waals surface area contributed by atoms with Gasteiger partial charge < -0.3 is 9.64 Å². The summed E-state index contributed by atoms with van der Waals surface area (Å²) in [5.74, 6) is 0.0734. The summed E-state index contributed by atoms with van der Waals surface area (Å²) in [5, 5.41) is 0. The number of amides is 1. The van der Waals surface area contributed by atoms with Gasteiger partial charge >= 0.3 is 0 Å². The topological polar surface area (TPSA) is 29.5 Å². The lowest BCUT2D eigenvalue weighted by atomic mass is 10.0. The molecule has 1 fully saturated rings. The third-order valence-corrected chi connectivity index (χ3v) is 5.73. The molecule has 1 atom stereocenters. The van der Waals surface area contributed by atoms with Crippen molar-refractivity contribution in [2.24, 2.45) is 0 Å². The van der Waals surface area contributed by atoms with Gasteiger partial charge in [0.25, 0.3) is 5.91 Å². The van der Waals surface area contributed by atoms with Gasteiger partial charge in [0.05, 0.1) is 6.10 Å². The molecule has 3 rings (SSSR count). The molecule has 1 saturated heterocycles. The van der Waals surface area contributed by atoms with E-state index in [1.165, 1.54) is 16.9 Å². The van der Waals surface area contributed by atoms with Gasteiger partial charge in [0.15, 0.2) is 0 Å². The Balaban J connectivity index is 1.69. The van der Waals surface area contributed by atoms with E-state index < -0.39 is 0 Å². The third-order valence-electron chi connectivity index (χ3n) is 4.93. The van der Waals surface area contributed by atoms with Crippen LogP contribution in [0.2, 0.25) is 0 Å². The molecule has 0 saturated carbocycles. The maximum Gasteiger partial charge on any atom is 0.253 e. The number of carbonyl (C=O) groups excluding carboxylic acids is 1. The van der Waals surface area contributed by atoms with E-state index in [0.717, 1.165) is 43.5 Å². The molecule has 1 heterocycles. The fourth-order valence-electron chi connectivity index (χ4n) is 3.40. The molecule has 0 spiro atoms. The van der Waals surface area contributed by atoms with Gasteiger partial charge in [-0.1, -0.05) is 30.3 Å². The van der Waals surface area contributed by atoms with E-state index in [1.54, 1.807) is 11.8 Å². The lowest BCUT2D eigenvalue weighted by molar-refractivity contribution is 0.00709. The third kappa shape index (κ3) is 4.68. The molecule has 1 aliphatic heterocycles. The van der Waals surface area contributed by atoms with Crippen LogP contribution in [0.4, 0.5) is 0 Å². The summed E-state index contributed by atoms with van der Waals surface area (Å²) in [4.78, 5) is 15.9. The van der Waals surface area contributed by atoms with Gasteiger partial charge in [0, 0.05) is 30.7 Å². The number of hydrogen-bond donors (Lipinski definition) is 0. The zero-order valence-corrected chi connectivity index (χ0v) is 16.4. The summed E-state index contributed by atoms with van der Waals surface area (Å²) < 4.78 is 5.78. The summed E-state index contributed by atoms with van der Waals surface area (Å²) in [7, 11) is 1.88. The Morgan fingerprint density at radius 2 is 2.04 bits per heavy atom. The Hall–Kier alpha value is -1.78. The van der Waals surface area contributed by atoms with Crippen molar-refractivity contribution >= 4 is 17.7 Å². The van der Waals surface area contributed by atoms with Crippen LogP contribution < -0.4 is 0 Å². The monoisotopic (exact) mass is 369 g/mol. The van der Waals surface area contributed by atoms with Crippen molar-refractivity contribution < 1.29 is 9.53 Å². The lowest BCUT2D eigenvalue weighted by Crippen LogP contribution is -2.31. The Kier molecular flexibility index (Phi) is 6.75. The smallest absolute Gasteiger partial charge is 0.253 e. The Morgan fingerprint density at radius 3 is 2.81 bits per heavy atom. The fourth-order valence-corrected chi connectivity index (χ4v) is 4.02. The molecule has 1 amide bonds. The highest BCUT2D eigenvalue weighted by molar-refractivity contribution is 7.98. The first-order valence-electron chi connectivity index (χ1n) is 9.29. The summed E-state index contributed by atoms with van der Waals surface area (Å²) in [6.45, 7) is 1.59. The minimum atomic E-state index is 0.0734. The molecule has 2 aromatic rings. The minimum Gasteiger partial charge on any atom is -0.378 e. The standard InChI is InChI=1S/C22H27NO2S/c1-23(14-13-19-10-5-6-15-25-19)22(24)18-9-7-8-17(16-18)20-11-3-4-12-21(20)26-2/h3-4,7-9,11-12,16,19H,5-6,10,13-15H2,1-2H3/t19-/m0/s1. The fraction of sp³-hybridized carbons (Fsp3) is 0.409. The molecule has 0 aromatic heterocycles. The molecule has 138 valence electrons. The molecular weight excluding hydrogens is 342 g/mol. The Morgan fingerprint density at radius 1 is 1.19 bits per heavy atom. The van der Waals surface area contributed by atoms with Crippen LogP contribution in [0.15, 0.2) is 53.4 Å². The average Bonchev–Trinajstić information content (AvgIpc) is 2.72. The van der Waals surface area contributed by atoms with E-state index in [2.05, 4.69) is 24.5 Å². The van der Waals surface area contributed by atoms with Crippen LogP contribution in [-0.2, 0) is 4.74 Å².